The lowest BCUT2D eigenvalue weighted by Crippen LogP contribution is -2.27. The molecule has 26 heavy (non-hydrogen) atoms. The highest BCUT2D eigenvalue weighted by atomic mass is 16.6. The van der Waals surface area contributed by atoms with Gasteiger partial charge in [0.25, 0.3) is 0 Å². The fourth-order valence-electron chi connectivity index (χ4n) is 2.50. The van der Waals surface area contributed by atoms with Crippen LogP contribution in [0.25, 0.3) is 16.3 Å². The first-order chi connectivity index (χ1) is 12.2. The number of fused-ring (bicyclic) bond motifs is 1. The second-order valence-electron chi connectivity index (χ2n) is 6.77. The van der Waals surface area contributed by atoms with E-state index in [-0.39, 0.29) is 5.75 Å². The molecule has 136 valence electrons. The highest BCUT2D eigenvalue weighted by molar-refractivity contribution is 6.12. The number of rotatable bonds is 4. The quantitative estimate of drug-likeness (QED) is 0.453. The van der Waals surface area contributed by atoms with Gasteiger partial charge in [-0.25, -0.2) is 4.79 Å². The molecule has 2 rings (SSSR count). The van der Waals surface area contributed by atoms with E-state index in [4.69, 9.17) is 4.74 Å². The van der Waals surface area contributed by atoms with Crippen molar-refractivity contribution < 1.29 is 14.6 Å². The van der Waals surface area contributed by atoms with E-state index in [1.807, 2.05) is 24.3 Å². The number of carbonyl (C=O) groups excluding carboxylic acids is 1. The smallest absolute Gasteiger partial charge is 0.412 e. The van der Waals surface area contributed by atoms with Crippen LogP contribution in [0.15, 0.2) is 54.1 Å². The molecule has 2 N–H and O–H groups in total. The standard InChI is InChI=1S/C21H24N2O3/c1-6-7-16(13-22-5)15-9-8-14-10-11-18(24)19(17(14)12-15)23-20(25)26-21(2,3)4/h6-13,24H,1H2,2-5H3,(H,23,25)/b16-7+,22-13?. The van der Waals surface area contributed by atoms with Crippen LogP contribution in [0.3, 0.4) is 0 Å². The number of ether oxygens (including phenoxy) is 1. The summed E-state index contributed by atoms with van der Waals surface area (Å²) in [5.74, 6) is -0.0288. The number of nitrogens with one attached hydrogen (secondary N) is 1. The number of phenolic OH excluding ortho intramolecular Hbond substituents is 1. The molecule has 5 nitrogen and oxygen atoms in total. The van der Waals surface area contributed by atoms with Gasteiger partial charge in [-0.1, -0.05) is 36.9 Å². The third-order valence-electron chi connectivity index (χ3n) is 3.52. The summed E-state index contributed by atoms with van der Waals surface area (Å²) >= 11 is 0. The zero-order valence-corrected chi connectivity index (χ0v) is 15.5. The van der Waals surface area contributed by atoms with Crippen molar-refractivity contribution in [2.24, 2.45) is 4.99 Å². The Kier molecular flexibility index (Phi) is 5.82. The number of hydrogen-bond donors (Lipinski definition) is 2. The number of aliphatic imine (C=N–C) groups is 1. The van der Waals surface area contributed by atoms with Crippen LogP contribution >= 0.6 is 0 Å². The van der Waals surface area contributed by atoms with Crippen LogP contribution in [0.2, 0.25) is 0 Å². The van der Waals surface area contributed by atoms with Gasteiger partial charge in [-0.2, -0.15) is 0 Å². The number of hydrogen-bond acceptors (Lipinski definition) is 4. The number of phenols is 1. The monoisotopic (exact) mass is 352 g/mol. The van der Waals surface area contributed by atoms with Gasteiger partial charge in [0.1, 0.15) is 11.4 Å². The molecule has 0 atom stereocenters. The number of aromatic hydroxyl groups is 1. The maximum Gasteiger partial charge on any atom is 0.412 e. The van der Waals surface area contributed by atoms with E-state index in [2.05, 4.69) is 16.9 Å². The van der Waals surface area contributed by atoms with E-state index >= 15 is 0 Å². The molecular formula is C21H24N2O3. The average Bonchev–Trinajstić information content (AvgIpc) is 2.55. The third-order valence-corrected chi connectivity index (χ3v) is 3.52. The van der Waals surface area contributed by atoms with Crippen molar-refractivity contribution in [2.75, 3.05) is 12.4 Å². The Morgan fingerprint density at radius 3 is 2.58 bits per heavy atom. The molecule has 2 aromatic rings. The van der Waals surface area contributed by atoms with Crippen molar-refractivity contribution in [1.29, 1.82) is 0 Å². The summed E-state index contributed by atoms with van der Waals surface area (Å²) in [6.45, 7) is 9.07. The second-order valence-corrected chi connectivity index (χ2v) is 6.77. The van der Waals surface area contributed by atoms with Crippen molar-refractivity contribution in [3.8, 4) is 5.75 Å². The molecule has 0 aliphatic rings. The summed E-state index contributed by atoms with van der Waals surface area (Å²) in [4.78, 5) is 16.2. The van der Waals surface area contributed by atoms with Gasteiger partial charge in [-0.05, 0) is 49.4 Å². The Morgan fingerprint density at radius 1 is 1.27 bits per heavy atom. The number of amides is 1. The first-order valence-electron chi connectivity index (χ1n) is 8.26. The molecule has 0 aliphatic heterocycles. The molecular weight excluding hydrogens is 328 g/mol. The SMILES string of the molecule is C=C/C=C(\C=NC)c1ccc2ccc(O)c(NC(=O)OC(C)(C)C)c2c1. The van der Waals surface area contributed by atoms with Crippen LogP contribution in [-0.4, -0.2) is 30.1 Å². The maximum absolute atomic E-state index is 12.2. The minimum Gasteiger partial charge on any atom is -0.506 e. The van der Waals surface area contributed by atoms with E-state index in [1.54, 1.807) is 52.2 Å². The molecule has 2 aromatic carbocycles. The van der Waals surface area contributed by atoms with E-state index in [9.17, 15) is 9.90 Å². The molecule has 0 unspecified atom stereocenters. The highest BCUT2D eigenvalue weighted by Gasteiger charge is 2.18. The highest BCUT2D eigenvalue weighted by Crippen LogP contribution is 2.34. The van der Waals surface area contributed by atoms with Gasteiger partial charge in [-0.3, -0.25) is 10.3 Å². The molecule has 0 fully saturated rings. The zero-order chi connectivity index (χ0) is 19.3. The number of nitrogens with zero attached hydrogens (tertiary/aromatic N) is 1. The van der Waals surface area contributed by atoms with Crippen LogP contribution in [0.5, 0.6) is 5.75 Å². The van der Waals surface area contributed by atoms with Gasteiger partial charge in [0.2, 0.25) is 0 Å². The molecule has 0 bridgehead atoms. The Hall–Kier alpha value is -3.08. The minimum atomic E-state index is -0.632. The van der Waals surface area contributed by atoms with Gasteiger partial charge >= 0.3 is 6.09 Å². The van der Waals surface area contributed by atoms with E-state index in [0.717, 1.165) is 16.5 Å². The Balaban J connectivity index is 2.54. The number of anilines is 1. The first-order valence-corrected chi connectivity index (χ1v) is 8.26. The first kappa shape index (κ1) is 19.2. The molecule has 0 spiro atoms. The number of carbonyl (C=O) groups is 1. The fourth-order valence-corrected chi connectivity index (χ4v) is 2.50. The Labute approximate surface area is 153 Å². The van der Waals surface area contributed by atoms with E-state index in [1.165, 1.54) is 0 Å². The topological polar surface area (TPSA) is 70.9 Å². The molecule has 1 amide bonds. The van der Waals surface area contributed by atoms with E-state index < -0.39 is 11.7 Å². The molecule has 0 saturated carbocycles. The summed E-state index contributed by atoms with van der Waals surface area (Å²) in [7, 11) is 1.69. The number of benzene rings is 2. The molecule has 0 saturated heterocycles. The van der Waals surface area contributed by atoms with Crippen LogP contribution in [-0.2, 0) is 4.74 Å². The van der Waals surface area contributed by atoms with Crippen molar-refractivity contribution in [3.05, 3.63) is 54.6 Å². The summed E-state index contributed by atoms with van der Waals surface area (Å²) in [6, 6.07) is 9.10. The van der Waals surface area contributed by atoms with Crippen molar-refractivity contribution in [1.82, 2.24) is 0 Å². The summed E-state index contributed by atoms with van der Waals surface area (Å²) in [5, 5.41) is 14.5. The fraction of sp³-hybridized carbons (Fsp3) is 0.238. The predicted molar refractivity (Wildman–Crippen MR) is 108 cm³/mol. The summed E-state index contributed by atoms with van der Waals surface area (Å²) in [6.07, 6.45) is 4.64. The van der Waals surface area contributed by atoms with Crippen LogP contribution in [0.1, 0.15) is 26.3 Å². The summed E-state index contributed by atoms with van der Waals surface area (Å²) < 4.78 is 5.29. The van der Waals surface area contributed by atoms with Crippen LogP contribution in [0.4, 0.5) is 10.5 Å². The lowest BCUT2D eigenvalue weighted by molar-refractivity contribution is 0.0635. The molecule has 0 radical (unpaired) electrons. The van der Waals surface area contributed by atoms with Gasteiger partial charge in [0.05, 0.1) is 5.69 Å². The van der Waals surface area contributed by atoms with Crippen LogP contribution < -0.4 is 5.32 Å². The van der Waals surface area contributed by atoms with Crippen molar-refractivity contribution in [3.63, 3.8) is 0 Å². The van der Waals surface area contributed by atoms with E-state index in [0.29, 0.717) is 11.1 Å². The largest absolute Gasteiger partial charge is 0.506 e. The lowest BCUT2D eigenvalue weighted by atomic mass is 10.00. The van der Waals surface area contributed by atoms with Gasteiger partial charge in [0, 0.05) is 18.6 Å². The average molecular weight is 352 g/mol. The number of allylic oxidation sites excluding steroid dienone is 3. The predicted octanol–water partition coefficient (Wildman–Crippen LogP) is 5.16. The van der Waals surface area contributed by atoms with Gasteiger partial charge < -0.3 is 9.84 Å². The maximum atomic E-state index is 12.2. The second kappa shape index (κ2) is 7.87. The zero-order valence-electron chi connectivity index (χ0n) is 15.5. The van der Waals surface area contributed by atoms with Gasteiger partial charge in [-0.15, -0.1) is 0 Å². The normalized spacial score (nSPS) is 12.4. The molecule has 0 aromatic heterocycles. The molecule has 5 heteroatoms. The Bertz CT molecular complexity index is 890. The summed E-state index contributed by atoms with van der Waals surface area (Å²) in [5.41, 5.74) is 1.44. The molecule has 0 aliphatic carbocycles. The lowest BCUT2D eigenvalue weighted by Gasteiger charge is -2.20. The minimum absolute atomic E-state index is 0.0288. The van der Waals surface area contributed by atoms with Crippen LogP contribution in [0, 0.1) is 0 Å². The van der Waals surface area contributed by atoms with Crippen molar-refractivity contribution >= 4 is 34.3 Å². The Morgan fingerprint density at radius 2 is 1.96 bits per heavy atom. The van der Waals surface area contributed by atoms with Crippen molar-refractivity contribution in [2.45, 2.75) is 26.4 Å². The molecule has 0 heterocycles. The van der Waals surface area contributed by atoms with Gasteiger partial charge in [0.15, 0.2) is 0 Å². The third kappa shape index (κ3) is 4.72.